The molecule has 1 aliphatic rings. The van der Waals surface area contributed by atoms with E-state index in [1.54, 1.807) is 0 Å². The predicted octanol–water partition coefficient (Wildman–Crippen LogP) is 5.70. The van der Waals surface area contributed by atoms with Gasteiger partial charge < -0.3 is 19.3 Å². The fourth-order valence-electron chi connectivity index (χ4n) is 3.43. The number of hydrogen-bond acceptors (Lipinski definition) is 4. The minimum absolute atomic E-state index is 0.278. The number of nitrogens with zero attached hydrogens (tertiary/aromatic N) is 2. The van der Waals surface area contributed by atoms with E-state index >= 15 is 0 Å². The van der Waals surface area contributed by atoms with Crippen molar-refractivity contribution in [1.29, 1.82) is 0 Å². The van der Waals surface area contributed by atoms with Crippen LogP contribution in [0.1, 0.15) is 0 Å². The molecule has 0 N–H and O–H groups in total. The summed E-state index contributed by atoms with van der Waals surface area (Å²) in [5.74, 6) is 0.778. The van der Waals surface area contributed by atoms with Gasteiger partial charge in [-0.2, -0.15) is 0 Å². The maximum Gasteiger partial charge on any atom is 0.573 e. The number of hydrogen-bond donors (Lipinski definition) is 0. The summed E-state index contributed by atoms with van der Waals surface area (Å²) in [6.07, 6.45) is -4.70. The van der Waals surface area contributed by atoms with Gasteiger partial charge in [-0.25, -0.2) is 0 Å². The first-order valence-corrected chi connectivity index (χ1v) is 9.65. The Labute approximate surface area is 173 Å². The molecule has 30 heavy (non-hydrogen) atoms. The lowest BCUT2D eigenvalue weighted by atomic mass is 10.2. The number of benzene rings is 3. The van der Waals surface area contributed by atoms with E-state index < -0.39 is 6.36 Å². The van der Waals surface area contributed by atoms with Crippen LogP contribution in [0.5, 0.6) is 17.2 Å². The van der Waals surface area contributed by atoms with Gasteiger partial charge in [-0.05, 0) is 60.7 Å². The summed E-state index contributed by atoms with van der Waals surface area (Å²) < 4.78 is 46.3. The second kappa shape index (κ2) is 8.57. The van der Waals surface area contributed by atoms with Crippen LogP contribution in [0.15, 0.2) is 78.9 Å². The first kappa shape index (κ1) is 19.9. The van der Waals surface area contributed by atoms with Crippen molar-refractivity contribution in [3.63, 3.8) is 0 Å². The molecule has 7 heteroatoms. The molecule has 4 nitrogen and oxygen atoms in total. The van der Waals surface area contributed by atoms with E-state index in [9.17, 15) is 13.2 Å². The summed E-state index contributed by atoms with van der Waals surface area (Å²) in [5.41, 5.74) is 2.36. The minimum atomic E-state index is -4.70. The molecule has 3 aromatic carbocycles. The quantitative estimate of drug-likeness (QED) is 0.534. The highest BCUT2D eigenvalue weighted by Gasteiger charge is 2.31. The lowest BCUT2D eigenvalue weighted by Gasteiger charge is -2.37. The smallest absolute Gasteiger partial charge is 0.457 e. The molecule has 4 rings (SSSR count). The van der Waals surface area contributed by atoms with Gasteiger partial charge in [0.25, 0.3) is 0 Å². The molecule has 0 aliphatic carbocycles. The SMILES string of the molecule is FC(F)(F)Oc1ccc(Oc2ccc(N3CCN(c4ccccc4)CC3)cc2)cc1. The van der Waals surface area contributed by atoms with E-state index in [-0.39, 0.29) is 5.75 Å². The molecule has 1 aliphatic heterocycles. The first-order valence-electron chi connectivity index (χ1n) is 9.65. The van der Waals surface area contributed by atoms with Gasteiger partial charge in [-0.1, -0.05) is 18.2 Å². The first-order chi connectivity index (χ1) is 14.5. The van der Waals surface area contributed by atoms with Crippen molar-refractivity contribution in [2.75, 3.05) is 36.0 Å². The highest BCUT2D eigenvalue weighted by atomic mass is 19.4. The average molecular weight is 414 g/mol. The van der Waals surface area contributed by atoms with Crippen LogP contribution in [-0.2, 0) is 0 Å². The van der Waals surface area contributed by atoms with Crippen LogP contribution >= 0.6 is 0 Å². The van der Waals surface area contributed by atoms with Gasteiger partial charge in [0.15, 0.2) is 0 Å². The van der Waals surface area contributed by atoms with E-state index in [1.807, 2.05) is 30.3 Å². The summed E-state index contributed by atoms with van der Waals surface area (Å²) in [4.78, 5) is 4.70. The number of alkyl halides is 3. The lowest BCUT2D eigenvalue weighted by molar-refractivity contribution is -0.274. The van der Waals surface area contributed by atoms with Crippen molar-refractivity contribution in [1.82, 2.24) is 0 Å². The third-order valence-electron chi connectivity index (χ3n) is 4.90. The normalized spacial score (nSPS) is 14.5. The Morgan fingerprint density at radius 3 is 1.50 bits per heavy atom. The molecule has 3 aromatic rings. The Kier molecular flexibility index (Phi) is 5.70. The minimum Gasteiger partial charge on any atom is -0.457 e. The number of para-hydroxylation sites is 1. The van der Waals surface area contributed by atoms with Gasteiger partial charge in [0, 0.05) is 37.6 Å². The zero-order chi connectivity index (χ0) is 21.0. The molecule has 0 bridgehead atoms. The molecule has 0 saturated carbocycles. The Morgan fingerprint density at radius 2 is 1.00 bits per heavy atom. The average Bonchev–Trinajstić information content (AvgIpc) is 2.75. The molecule has 1 fully saturated rings. The van der Waals surface area contributed by atoms with Gasteiger partial charge >= 0.3 is 6.36 Å². The van der Waals surface area contributed by atoms with Crippen LogP contribution in [0.2, 0.25) is 0 Å². The molecule has 1 heterocycles. The highest BCUT2D eigenvalue weighted by Crippen LogP contribution is 2.29. The number of halogens is 3. The molecular formula is C23H21F3N2O2. The van der Waals surface area contributed by atoms with Gasteiger partial charge in [0.2, 0.25) is 0 Å². The fraction of sp³-hybridized carbons (Fsp3) is 0.217. The molecular weight excluding hydrogens is 393 g/mol. The largest absolute Gasteiger partial charge is 0.573 e. The molecule has 0 amide bonds. The van der Waals surface area contributed by atoms with Crippen molar-refractivity contribution < 1.29 is 22.6 Å². The monoisotopic (exact) mass is 414 g/mol. The maximum absolute atomic E-state index is 12.2. The fourth-order valence-corrected chi connectivity index (χ4v) is 3.43. The number of rotatable bonds is 5. The summed E-state index contributed by atoms with van der Waals surface area (Å²) in [5, 5.41) is 0. The predicted molar refractivity (Wildman–Crippen MR) is 111 cm³/mol. The summed E-state index contributed by atoms with van der Waals surface area (Å²) >= 11 is 0. The van der Waals surface area contributed by atoms with E-state index in [0.717, 1.165) is 31.9 Å². The van der Waals surface area contributed by atoms with Gasteiger partial charge in [0.05, 0.1) is 0 Å². The van der Waals surface area contributed by atoms with E-state index in [2.05, 4.69) is 38.8 Å². The van der Waals surface area contributed by atoms with Crippen LogP contribution < -0.4 is 19.3 Å². The second-order valence-electron chi connectivity index (χ2n) is 6.92. The molecule has 0 unspecified atom stereocenters. The van der Waals surface area contributed by atoms with Crippen LogP contribution in [0.25, 0.3) is 0 Å². The van der Waals surface area contributed by atoms with Crippen LogP contribution in [-0.4, -0.2) is 32.5 Å². The Bertz CT molecular complexity index is 937. The zero-order valence-electron chi connectivity index (χ0n) is 16.2. The number of ether oxygens (including phenoxy) is 2. The van der Waals surface area contributed by atoms with Crippen molar-refractivity contribution >= 4 is 11.4 Å². The van der Waals surface area contributed by atoms with E-state index in [4.69, 9.17) is 4.74 Å². The number of anilines is 2. The topological polar surface area (TPSA) is 24.9 Å². The third-order valence-corrected chi connectivity index (χ3v) is 4.90. The lowest BCUT2D eigenvalue weighted by Crippen LogP contribution is -2.46. The van der Waals surface area contributed by atoms with Crippen molar-refractivity contribution in [2.45, 2.75) is 6.36 Å². The van der Waals surface area contributed by atoms with E-state index in [0.29, 0.717) is 11.5 Å². The summed E-state index contributed by atoms with van der Waals surface area (Å²) in [6.45, 7) is 3.76. The number of piperazine rings is 1. The Morgan fingerprint density at radius 1 is 0.567 bits per heavy atom. The van der Waals surface area contributed by atoms with Gasteiger partial charge in [-0.15, -0.1) is 13.2 Å². The Balaban J connectivity index is 1.32. The third kappa shape index (κ3) is 5.17. The molecule has 0 spiro atoms. The Hall–Kier alpha value is -3.35. The molecule has 1 saturated heterocycles. The molecule has 0 aromatic heterocycles. The van der Waals surface area contributed by atoms with Crippen molar-refractivity contribution in [2.24, 2.45) is 0 Å². The van der Waals surface area contributed by atoms with Crippen molar-refractivity contribution in [3.8, 4) is 17.2 Å². The standard InChI is InChI=1S/C23H21F3N2O2/c24-23(25,26)30-22-12-10-21(11-13-22)29-20-8-6-19(7-9-20)28-16-14-27(15-17-28)18-4-2-1-3-5-18/h1-13H,14-17H2. The van der Waals surface area contributed by atoms with Crippen molar-refractivity contribution in [3.05, 3.63) is 78.9 Å². The molecule has 156 valence electrons. The second-order valence-corrected chi connectivity index (χ2v) is 6.92. The van der Waals surface area contributed by atoms with Gasteiger partial charge in [-0.3, -0.25) is 0 Å². The molecule has 0 radical (unpaired) electrons. The van der Waals surface area contributed by atoms with Crippen LogP contribution in [0, 0.1) is 0 Å². The summed E-state index contributed by atoms with van der Waals surface area (Å²) in [7, 11) is 0. The van der Waals surface area contributed by atoms with Crippen LogP contribution in [0.3, 0.4) is 0 Å². The molecule has 0 atom stereocenters. The summed E-state index contributed by atoms with van der Waals surface area (Å²) in [6, 6.07) is 23.4. The highest BCUT2D eigenvalue weighted by molar-refractivity contribution is 5.53. The van der Waals surface area contributed by atoms with Crippen LogP contribution in [0.4, 0.5) is 24.5 Å². The zero-order valence-corrected chi connectivity index (χ0v) is 16.2. The maximum atomic E-state index is 12.2. The van der Waals surface area contributed by atoms with E-state index in [1.165, 1.54) is 30.0 Å². The van der Waals surface area contributed by atoms with Gasteiger partial charge in [0.1, 0.15) is 17.2 Å².